The van der Waals surface area contributed by atoms with Crippen LogP contribution in [0.1, 0.15) is 25.3 Å². The Hall–Kier alpha value is -0.220. The molecule has 0 aliphatic carbocycles. The summed E-state index contributed by atoms with van der Waals surface area (Å²) in [7, 11) is 0. The first-order chi connectivity index (χ1) is 8.27. The van der Waals surface area contributed by atoms with Gasteiger partial charge in [0.1, 0.15) is 0 Å². The number of halogens is 1. The van der Waals surface area contributed by atoms with Gasteiger partial charge in [0.2, 0.25) is 0 Å². The molecular formula is C13H20ClNOS. The predicted molar refractivity (Wildman–Crippen MR) is 75.9 cm³/mol. The van der Waals surface area contributed by atoms with Crippen LogP contribution < -0.4 is 5.32 Å². The lowest BCUT2D eigenvalue weighted by molar-refractivity contribution is 0.296. The number of hydrogen-bond acceptors (Lipinski definition) is 3. The largest absolute Gasteiger partial charge is 0.396 e. The summed E-state index contributed by atoms with van der Waals surface area (Å²) < 4.78 is 0. The van der Waals surface area contributed by atoms with Crippen molar-refractivity contribution >= 4 is 23.4 Å². The number of hydrogen-bond donors (Lipinski definition) is 2. The molecule has 0 heterocycles. The van der Waals surface area contributed by atoms with Gasteiger partial charge in [-0.2, -0.15) is 0 Å². The quantitative estimate of drug-likeness (QED) is 0.563. The van der Waals surface area contributed by atoms with E-state index in [1.807, 2.05) is 12.1 Å². The molecule has 1 rings (SSSR count). The fourth-order valence-corrected chi connectivity index (χ4v) is 2.64. The van der Waals surface area contributed by atoms with Crippen LogP contribution in [0.2, 0.25) is 5.02 Å². The molecule has 0 atom stereocenters. The normalized spacial score (nSPS) is 10.8. The van der Waals surface area contributed by atoms with Gasteiger partial charge in [0, 0.05) is 28.8 Å². The first-order valence-corrected chi connectivity index (χ1v) is 7.37. The molecule has 0 saturated heterocycles. The Labute approximate surface area is 113 Å². The van der Waals surface area contributed by atoms with Gasteiger partial charge in [-0.05, 0) is 43.1 Å². The van der Waals surface area contributed by atoms with E-state index in [1.54, 1.807) is 11.8 Å². The van der Waals surface area contributed by atoms with Crippen molar-refractivity contribution in [3.8, 4) is 0 Å². The number of aliphatic hydroxyl groups excluding tert-OH is 1. The molecule has 0 bridgehead atoms. The van der Waals surface area contributed by atoms with Crippen molar-refractivity contribution in [1.82, 2.24) is 5.32 Å². The highest BCUT2D eigenvalue weighted by atomic mass is 35.5. The van der Waals surface area contributed by atoms with E-state index in [1.165, 1.54) is 10.5 Å². The maximum atomic E-state index is 8.78. The summed E-state index contributed by atoms with van der Waals surface area (Å²) in [5.41, 5.74) is 1.24. The Morgan fingerprint density at radius 3 is 2.94 bits per heavy atom. The molecule has 1 aromatic carbocycles. The highest BCUT2D eigenvalue weighted by Crippen LogP contribution is 2.26. The SMILES string of the molecule is CCCNCc1cc(Cl)ccc1SCCCO. The van der Waals surface area contributed by atoms with E-state index < -0.39 is 0 Å². The standard InChI is InChI=1S/C13H20ClNOS/c1-2-6-15-10-11-9-12(14)4-5-13(11)17-8-3-7-16/h4-5,9,15-16H,2-3,6-8,10H2,1H3. The van der Waals surface area contributed by atoms with E-state index in [-0.39, 0.29) is 6.61 Å². The van der Waals surface area contributed by atoms with Crippen molar-refractivity contribution in [2.45, 2.75) is 31.2 Å². The van der Waals surface area contributed by atoms with Crippen LogP contribution in [-0.2, 0) is 6.54 Å². The van der Waals surface area contributed by atoms with Crippen LogP contribution in [0.3, 0.4) is 0 Å². The van der Waals surface area contributed by atoms with E-state index in [0.717, 1.165) is 36.7 Å². The molecule has 2 nitrogen and oxygen atoms in total. The molecule has 17 heavy (non-hydrogen) atoms. The second-order valence-electron chi connectivity index (χ2n) is 3.85. The van der Waals surface area contributed by atoms with Crippen molar-refractivity contribution in [2.75, 3.05) is 18.9 Å². The Bertz CT molecular complexity index is 333. The van der Waals surface area contributed by atoms with Crippen LogP contribution in [0.4, 0.5) is 0 Å². The van der Waals surface area contributed by atoms with Gasteiger partial charge in [-0.1, -0.05) is 18.5 Å². The number of thioether (sulfide) groups is 1. The summed E-state index contributed by atoms with van der Waals surface area (Å²) in [4.78, 5) is 1.26. The zero-order valence-corrected chi connectivity index (χ0v) is 11.8. The second kappa shape index (κ2) is 8.81. The average molecular weight is 274 g/mol. The molecule has 0 aliphatic heterocycles. The van der Waals surface area contributed by atoms with E-state index >= 15 is 0 Å². The number of nitrogens with one attached hydrogen (secondary N) is 1. The molecule has 0 aliphatic rings. The highest BCUT2D eigenvalue weighted by Gasteiger charge is 2.03. The molecule has 1 aromatic rings. The molecule has 96 valence electrons. The minimum Gasteiger partial charge on any atom is -0.396 e. The topological polar surface area (TPSA) is 32.3 Å². The van der Waals surface area contributed by atoms with Gasteiger partial charge >= 0.3 is 0 Å². The molecule has 0 fully saturated rings. The number of rotatable bonds is 8. The Morgan fingerprint density at radius 1 is 1.41 bits per heavy atom. The molecular weight excluding hydrogens is 254 g/mol. The van der Waals surface area contributed by atoms with Crippen LogP contribution in [0.5, 0.6) is 0 Å². The molecule has 2 N–H and O–H groups in total. The van der Waals surface area contributed by atoms with E-state index in [0.29, 0.717) is 0 Å². The first kappa shape index (κ1) is 14.8. The van der Waals surface area contributed by atoms with E-state index in [9.17, 15) is 0 Å². The van der Waals surface area contributed by atoms with E-state index in [4.69, 9.17) is 16.7 Å². The fourth-order valence-electron chi connectivity index (χ4n) is 1.47. The van der Waals surface area contributed by atoms with Gasteiger partial charge in [0.25, 0.3) is 0 Å². The summed E-state index contributed by atoms with van der Waals surface area (Å²) in [6.07, 6.45) is 1.96. The van der Waals surface area contributed by atoms with Gasteiger partial charge in [0.05, 0.1) is 0 Å². The fraction of sp³-hybridized carbons (Fsp3) is 0.538. The van der Waals surface area contributed by atoms with Crippen LogP contribution in [0.15, 0.2) is 23.1 Å². The number of aliphatic hydroxyl groups is 1. The van der Waals surface area contributed by atoms with Crippen molar-refractivity contribution in [3.63, 3.8) is 0 Å². The maximum Gasteiger partial charge on any atom is 0.0439 e. The smallest absolute Gasteiger partial charge is 0.0439 e. The van der Waals surface area contributed by atoms with Crippen molar-refractivity contribution in [3.05, 3.63) is 28.8 Å². The zero-order chi connectivity index (χ0) is 12.5. The minimum atomic E-state index is 0.254. The lowest BCUT2D eigenvalue weighted by Crippen LogP contribution is -2.14. The third-order valence-corrected chi connectivity index (χ3v) is 3.76. The van der Waals surface area contributed by atoms with Gasteiger partial charge in [-0.3, -0.25) is 0 Å². The summed E-state index contributed by atoms with van der Waals surface area (Å²) in [5, 5.41) is 13.0. The predicted octanol–water partition coefficient (Wildman–Crippen LogP) is 3.31. The lowest BCUT2D eigenvalue weighted by atomic mass is 10.2. The van der Waals surface area contributed by atoms with Crippen molar-refractivity contribution in [1.29, 1.82) is 0 Å². The monoisotopic (exact) mass is 273 g/mol. The average Bonchev–Trinajstić information content (AvgIpc) is 2.32. The Morgan fingerprint density at radius 2 is 2.24 bits per heavy atom. The number of benzene rings is 1. The maximum absolute atomic E-state index is 8.78. The summed E-state index contributed by atoms with van der Waals surface area (Å²) >= 11 is 7.79. The van der Waals surface area contributed by atoms with E-state index in [2.05, 4.69) is 18.3 Å². The minimum absolute atomic E-state index is 0.254. The molecule has 0 unspecified atom stereocenters. The summed E-state index contributed by atoms with van der Waals surface area (Å²) in [5.74, 6) is 0.943. The molecule has 0 amide bonds. The lowest BCUT2D eigenvalue weighted by Gasteiger charge is -2.10. The van der Waals surface area contributed by atoms with Crippen LogP contribution in [-0.4, -0.2) is 24.0 Å². The van der Waals surface area contributed by atoms with Gasteiger partial charge < -0.3 is 10.4 Å². The van der Waals surface area contributed by atoms with Crippen LogP contribution >= 0.6 is 23.4 Å². The van der Waals surface area contributed by atoms with Crippen molar-refractivity contribution in [2.24, 2.45) is 0 Å². The first-order valence-electron chi connectivity index (χ1n) is 6.00. The second-order valence-corrected chi connectivity index (χ2v) is 5.43. The summed E-state index contributed by atoms with van der Waals surface area (Å²) in [6, 6.07) is 6.00. The van der Waals surface area contributed by atoms with Crippen LogP contribution in [0.25, 0.3) is 0 Å². The molecule has 0 radical (unpaired) electrons. The molecule has 0 saturated carbocycles. The van der Waals surface area contributed by atoms with Gasteiger partial charge in [-0.25, -0.2) is 0 Å². The third-order valence-electron chi connectivity index (χ3n) is 2.32. The van der Waals surface area contributed by atoms with Crippen molar-refractivity contribution < 1.29 is 5.11 Å². The Kier molecular flexibility index (Phi) is 7.69. The molecule has 0 spiro atoms. The highest BCUT2D eigenvalue weighted by molar-refractivity contribution is 7.99. The van der Waals surface area contributed by atoms with Gasteiger partial charge in [0.15, 0.2) is 0 Å². The van der Waals surface area contributed by atoms with Gasteiger partial charge in [-0.15, -0.1) is 11.8 Å². The third kappa shape index (κ3) is 5.77. The Balaban J connectivity index is 2.59. The summed E-state index contributed by atoms with van der Waals surface area (Å²) in [6.45, 7) is 4.29. The van der Waals surface area contributed by atoms with Crippen LogP contribution in [0, 0.1) is 0 Å². The molecule has 0 aromatic heterocycles. The zero-order valence-electron chi connectivity index (χ0n) is 10.2. The molecule has 4 heteroatoms.